The summed E-state index contributed by atoms with van der Waals surface area (Å²) in [5, 5.41) is 2.83. The van der Waals surface area contributed by atoms with Crippen LogP contribution in [0.5, 0.6) is 5.88 Å². The van der Waals surface area contributed by atoms with Gasteiger partial charge in [-0.1, -0.05) is 0 Å². The van der Waals surface area contributed by atoms with Gasteiger partial charge in [0, 0.05) is 25.8 Å². The summed E-state index contributed by atoms with van der Waals surface area (Å²) in [6.45, 7) is 3.58. The Hall–Kier alpha value is -1.89. The van der Waals surface area contributed by atoms with E-state index in [9.17, 15) is 4.79 Å². The lowest BCUT2D eigenvalue weighted by Gasteiger charge is -2.27. The zero-order valence-electron chi connectivity index (χ0n) is 13.4. The number of ether oxygens (including phenoxy) is 2. The number of nitrogens with zero attached hydrogens (tertiary/aromatic N) is 3. The summed E-state index contributed by atoms with van der Waals surface area (Å²) in [6.07, 6.45) is 6.69. The van der Waals surface area contributed by atoms with Crippen molar-refractivity contribution < 1.29 is 14.3 Å². The highest BCUT2D eigenvalue weighted by Gasteiger charge is 2.22. The fraction of sp³-hybridized carbons (Fsp3) is 0.688. The Morgan fingerprint density at radius 2 is 2.17 bits per heavy atom. The number of amides is 1. The minimum absolute atomic E-state index is 0.0530. The molecule has 0 spiro atoms. The smallest absolute Gasteiger partial charge is 0.249 e. The number of carbonyl (C=O) groups excluding carboxylic acids is 1. The second-order valence-corrected chi connectivity index (χ2v) is 5.90. The van der Waals surface area contributed by atoms with Crippen molar-refractivity contribution in [3.05, 3.63) is 12.4 Å². The van der Waals surface area contributed by atoms with Gasteiger partial charge in [-0.15, -0.1) is 0 Å². The van der Waals surface area contributed by atoms with Gasteiger partial charge in [-0.05, 0) is 32.1 Å². The van der Waals surface area contributed by atoms with Crippen LogP contribution >= 0.6 is 0 Å². The van der Waals surface area contributed by atoms with Gasteiger partial charge in [-0.3, -0.25) is 4.79 Å². The molecule has 2 saturated heterocycles. The Kier molecular flexibility index (Phi) is 5.63. The molecular formula is C16H24N4O3. The molecule has 1 amide bonds. The molecule has 7 nitrogen and oxygen atoms in total. The van der Waals surface area contributed by atoms with Crippen molar-refractivity contribution in [1.82, 2.24) is 15.3 Å². The lowest BCUT2D eigenvalue weighted by atomic mass is 10.1. The Balaban J connectivity index is 1.42. The van der Waals surface area contributed by atoms with Gasteiger partial charge >= 0.3 is 0 Å². The summed E-state index contributed by atoms with van der Waals surface area (Å²) < 4.78 is 11.0. The maximum Gasteiger partial charge on any atom is 0.249 e. The van der Waals surface area contributed by atoms with Crippen molar-refractivity contribution in [2.75, 3.05) is 37.7 Å². The van der Waals surface area contributed by atoms with E-state index in [0.717, 1.165) is 31.7 Å². The van der Waals surface area contributed by atoms with E-state index in [1.807, 2.05) is 6.07 Å². The van der Waals surface area contributed by atoms with E-state index in [4.69, 9.17) is 9.47 Å². The average Bonchev–Trinajstić information content (AvgIpc) is 3.14. The highest BCUT2D eigenvalue weighted by molar-refractivity contribution is 5.80. The SMILES string of the molecule is O=C(NCCOc1cc(N2CCCCC2)ncn1)C1CCCO1. The van der Waals surface area contributed by atoms with E-state index in [2.05, 4.69) is 20.2 Å². The number of rotatable bonds is 6. The van der Waals surface area contributed by atoms with Gasteiger partial charge in [-0.2, -0.15) is 0 Å². The molecule has 1 aromatic heterocycles. The summed E-state index contributed by atoms with van der Waals surface area (Å²) in [7, 11) is 0. The van der Waals surface area contributed by atoms with Crippen LogP contribution in [0.25, 0.3) is 0 Å². The third-order valence-electron chi connectivity index (χ3n) is 4.18. The second-order valence-electron chi connectivity index (χ2n) is 5.90. The first-order chi connectivity index (χ1) is 11.3. The highest BCUT2D eigenvalue weighted by atomic mass is 16.5. The average molecular weight is 320 g/mol. The topological polar surface area (TPSA) is 76.6 Å². The number of hydrogen-bond donors (Lipinski definition) is 1. The third-order valence-corrected chi connectivity index (χ3v) is 4.18. The first kappa shape index (κ1) is 16.0. The van der Waals surface area contributed by atoms with Crippen LogP contribution in [0.3, 0.4) is 0 Å². The number of aromatic nitrogens is 2. The van der Waals surface area contributed by atoms with Gasteiger partial charge < -0.3 is 19.7 Å². The van der Waals surface area contributed by atoms with Crippen molar-refractivity contribution in [3.8, 4) is 5.88 Å². The first-order valence-electron chi connectivity index (χ1n) is 8.42. The first-order valence-corrected chi connectivity index (χ1v) is 8.42. The normalized spacial score (nSPS) is 21.2. The number of nitrogens with one attached hydrogen (secondary N) is 1. The van der Waals surface area contributed by atoms with Crippen molar-refractivity contribution in [2.45, 2.75) is 38.2 Å². The van der Waals surface area contributed by atoms with Crippen molar-refractivity contribution in [1.29, 1.82) is 0 Å². The van der Waals surface area contributed by atoms with Gasteiger partial charge in [-0.25, -0.2) is 9.97 Å². The monoisotopic (exact) mass is 320 g/mol. The van der Waals surface area contributed by atoms with E-state index < -0.39 is 0 Å². The van der Waals surface area contributed by atoms with E-state index in [-0.39, 0.29) is 12.0 Å². The van der Waals surface area contributed by atoms with Gasteiger partial charge in [0.1, 0.15) is 24.9 Å². The number of carbonyl (C=O) groups is 1. The zero-order chi connectivity index (χ0) is 15.9. The molecular weight excluding hydrogens is 296 g/mol. The zero-order valence-corrected chi connectivity index (χ0v) is 13.4. The van der Waals surface area contributed by atoms with Crippen LogP contribution in [0.1, 0.15) is 32.1 Å². The van der Waals surface area contributed by atoms with E-state index in [1.165, 1.54) is 25.6 Å². The van der Waals surface area contributed by atoms with Crippen LogP contribution in [-0.2, 0) is 9.53 Å². The standard InChI is InChI=1S/C16H24N4O3/c21-16(13-5-4-9-22-13)17-6-10-23-15-11-14(18-12-19-15)20-7-2-1-3-8-20/h11-13H,1-10H2,(H,17,21). The number of piperidine rings is 1. The number of anilines is 1. The van der Waals surface area contributed by atoms with Crippen LogP contribution in [0.15, 0.2) is 12.4 Å². The Morgan fingerprint density at radius 3 is 2.96 bits per heavy atom. The minimum atomic E-state index is -0.292. The second kappa shape index (κ2) is 8.10. The lowest BCUT2D eigenvalue weighted by molar-refractivity contribution is -0.130. The molecule has 7 heteroatoms. The van der Waals surface area contributed by atoms with Gasteiger partial charge in [0.15, 0.2) is 0 Å². The predicted molar refractivity (Wildman–Crippen MR) is 85.6 cm³/mol. The molecule has 0 saturated carbocycles. The van der Waals surface area contributed by atoms with Crippen LogP contribution < -0.4 is 15.0 Å². The molecule has 2 aliphatic rings. The molecule has 2 aliphatic heterocycles. The van der Waals surface area contributed by atoms with Crippen LogP contribution in [0, 0.1) is 0 Å². The molecule has 3 heterocycles. The molecule has 23 heavy (non-hydrogen) atoms. The van der Waals surface area contributed by atoms with E-state index in [1.54, 1.807) is 0 Å². The fourth-order valence-corrected chi connectivity index (χ4v) is 2.93. The Morgan fingerprint density at radius 1 is 1.30 bits per heavy atom. The summed E-state index contributed by atoms with van der Waals surface area (Å²) in [4.78, 5) is 22.5. The highest BCUT2D eigenvalue weighted by Crippen LogP contribution is 2.20. The summed E-state index contributed by atoms with van der Waals surface area (Å²) >= 11 is 0. The maximum atomic E-state index is 11.8. The maximum absolute atomic E-state index is 11.8. The van der Waals surface area contributed by atoms with Crippen molar-refractivity contribution in [2.24, 2.45) is 0 Å². The lowest BCUT2D eigenvalue weighted by Crippen LogP contribution is -2.36. The van der Waals surface area contributed by atoms with Gasteiger partial charge in [0.25, 0.3) is 0 Å². The Labute approximate surface area is 136 Å². The molecule has 1 atom stereocenters. The van der Waals surface area contributed by atoms with Crippen LogP contribution in [0.4, 0.5) is 5.82 Å². The van der Waals surface area contributed by atoms with E-state index in [0.29, 0.717) is 25.6 Å². The molecule has 1 unspecified atom stereocenters. The van der Waals surface area contributed by atoms with Crippen LogP contribution in [-0.4, -0.2) is 54.8 Å². The molecule has 126 valence electrons. The minimum Gasteiger partial charge on any atom is -0.476 e. The predicted octanol–water partition coefficient (Wildman–Crippen LogP) is 1.14. The Bertz CT molecular complexity index is 514. The van der Waals surface area contributed by atoms with Gasteiger partial charge in [0.2, 0.25) is 11.8 Å². The molecule has 0 aromatic carbocycles. The van der Waals surface area contributed by atoms with Crippen molar-refractivity contribution >= 4 is 11.7 Å². The van der Waals surface area contributed by atoms with Gasteiger partial charge in [0.05, 0.1) is 6.54 Å². The third kappa shape index (κ3) is 4.54. The molecule has 2 fully saturated rings. The molecule has 0 bridgehead atoms. The summed E-state index contributed by atoms with van der Waals surface area (Å²) in [5.74, 6) is 1.41. The van der Waals surface area contributed by atoms with Crippen LogP contribution in [0.2, 0.25) is 0 Å². The molecule has 1 N–H and O–H groups in total. The van der Waals surface area contributed by atoms with E-state index >= 15 is 0 Å². The molecule has 0 radical (unpaired) electrons. The molecule has 0 aliphatic carbocycles. The molecule has 1 aromatic rings. The largest absolute Gasteiger partial charge is 0.476 e. The summed E-state index contributed by atoms with van der Waals surface area (Å²) in [5.41, 5.74) is 0. The van der Waals surface area contributed by atoms with Crippen molar-refractivity contribution in [3.63, 3.8) is 0 Å². The molecule has 3 rings (SSSR count). The number of hydrogen-bond acceptors (Lipinski definition) is 6. The fourth-order valence-electron chi connectivity index (χ4n) is 2.93. The quantitative estimate of drug-likeness (QED) is 0.792. The summed E-state index contributed by atoms with van der Waals surface area (Å²) in [6, 6.07) is 1.87.